The average Bonchev–Trinajstić information content (AvgIpc) is 3.12. The highest BCUT2D eigenvalue weighted by Gasteiger charge is 2.36. The number of carbonyl (C=O) groups is 4. The summed E-state index contributed by atoms with van der Waals surface area (Å²) in [5, 5.41) is 2.61. The first-order chi connectivity index (χ1) is 15.1. The SMILES string of the molecule is CNC(=O)C(CCC=O)N1Cc2cc(N3CCN(CCCCC=O)CC3)ccc2C1=O. The third-order valence-electron chi connectivity index (χ3n) is 6.19. The molecule has 0 saturated carbocycles. The molecule has 2 heterocycles. The lowest BCUT2D eigenvalue weighted by atomic mass is 10.1. The number of nitrogens with one attached hydrogen (secondary N) is 1. The van der Waals surface area contributed by atoms with Crippen LogP contribution in [0, 0.1) is 0 Å². The van der Waals surface area contributed by atoms with Crippen molar-refractivity contribution in [2.24, 2.45) is 0 Å². The molecule has 1 aromatic rings. The quantitative estimate of drug-likeness (QED) is 0.421. The van der Waals surface area contributed by atoms with Crippen LogP contribution in [0.15, 0.2) is 18.2 Å². The van der Waals surface area contributed by atoms with E-state index in [1.54, 1.807) is 11.9 Å². The van der Waals surface area contributed by atoms with Crippen molar-refractivity contribution < 1.29 is 19.2 Å². The molecule has 0 aliphatic carbocycles. The minimum absolute atomic E-state index is 0.152. The number of aldehydes is 2. The van der Waals surface area contributed by atoms with E-state index in [1.807, 2.05) is 12.1 Å². The Morgan fingerprint density at radius 1 is 1.10 bits per heavy atom. The monoisotopic (exact) mass is 428 g/mol. The van der Waals surface area contributed by atoms with Gasteiger partial charge in [-0.2, -0.15) is 0 Å². The molecule has 2 aliphatic heterocycles. The van der Waals surface area contributed by atoms with E-state index >= 15 is 0 Å². The molecule has 2 amide bonds. The van der Waals surface area contributed by atoms with Crippen LogP contribution in [0.25, 0.3) is 0 Å². The van der Waals surface area contributed by atoms with Crippen LogP contribution >= 0.6 is 0 Å². The van der Waals surface area contributed by atoms with Gasteiger partial charge in [-0.1, -0.05) is 0 Å². The number of piperazine rings is 1. The normalized spacial score (nSPS) is 17.4. The first kappa shape index (κ1) is 22.9. The number of benzene rings is 1. The Kier molecular flexibility index (Phi) is 8.17. The smallest absolute Gasteiger partial charge is 0.255 e. The summed E-state index contributed by atoms with van der Waals surface area (Å²) in [5.41, 5.74) is 2.66. The summed E-state index contributed by atoms with van der Waals surface area (Å²) in [7, 11) is 1.55. The molecule has 0 bridgehead atoms. The number of carbonyl (C=O) groups excluding carboxylic acids is 4. The summed E-state index contributed by atoms with van der Waals surface area (Å²) >= 11 is 0. The van der Waals surface area contributed by atoms with Crippen LogP contribution in [0.3, 0.4) is 0 Å². The second-order valence-corrected chi connectivity index (χ2v) is 8.14. The summed E-state index contributed by atoms with van der Waals surface area (Å²) in [6, 6.07) is 5.27. The van der Waals surface area contributed by atoms with Gasteiger partial charge in [0.15, 0.2) is 0 Å². The Labute approximate surface area is 183 Å². The van der Waals surface area contributed by atoms with Gasteiger partial charge in [0.1, 0.15) is 18.6 Å². The molecule has 1 aromatic carbocycles. The third-order valence-corrected chi connectivity index (χ3v) is 6.19. The molecule has 168 valence electrons. The number of amides is 2. The number of hydrogen-bond donors (Lipinski definition) is 1. The third kappa shape index (κ3) is 5.50. The molecule has 8 heteroatoms. The fraction of sp³-hybridized carbons (Fsp3) is 0.565. The maximum Gasteiger partial charge on any atom is 0.255 e. The predicted octanol–water partition coefficient (Wildman–Crippen LogP) is 1.23. The number of likely N-dealkylation sites (N-methyl/N-ethyl adjacent to an activating group) is 1. The maximum atomic E-state index is 12.9. The van der Waals surface area contributed by atoms with Crippen molar-refractivity contribution in [2.45, 2.75) is 44.7 Å². The number of unbranched alkanes of at least 4 members (excludes halogenated alkanes) is 2. The first-order valence-electron chi connectivity index (χ1n) is 11.1. The van der Waals surface area contributed by atoms with E-state index in [0.29, 0.717) is 24.9 Å². The van der Waals surface area contributed by atoms with Gasteiger partial charge in [0.25, 0.3) is 5.91 Å². The molecule has 1 atom stereocenters. The Hall–Kier alpha value is -2.74. The van der Waals surface area contributed by atoms with Gasteiger partial charge in [0.2, 0.25) is 5.91 Å². The second-order valence-electron chi connectivity index (χ2n) is 8.14. The Balaban J connectivity index is 1.62. The highest BCUT2D eigenvalue weighted by molar-refractivity contribution is 6.01. The Morgan fingerprint density at radius 2 is 1.84 bits per heavy atom. The van der Waals surface area contributed by atoms with Crippen molar-refractivity contribution in [3.8, 4) is 0 Å². The van der Waals surface area contributed by atoms with Gasteiger partial charge in [0.05, 0.1) is 0 Å². The predicted molar refractivity (Wildman–Crippen MR) is 118 cm³/mol. The van der Waals surface area contributed by atoms with Gasteiger partial charge in [-0.05, 0) is 49.6 Å². The average molecular weight is 429 g/mol. The molecular formula is C23H32N4O4. The van der Waals surface area contributed by atoms with E-state index in [-0.39, 0.29) is 18.2 Å². The lowest BCUT2D eigenvalue weighted by Crippen LogP contribution is -2.46. The van der Waals surface area contributed by atoms with Crippen molar-refractivity contribution in [2.75, 3.05) is 44.7 Å². The number of hydrogen-bond acceptors (Lipinski definition) is 6. The van der Waals surface area contributed by atoms with Crippen LogP contribution in [0.5, 0.6) is 0 Å². The van der Waals surface area contributed by atoms with Gasteiger partial charge >= 0.3 is 0 Å². The van der Waals surface area contributed by atoms with E-state index in [2.05, 4.69) is 21.2 Å². The van der Waals surface area contributed by atoms with Crippen LogP contribution in [0.2, 0.25) is 0 Å². The fourth-order valence-electron chi connectivity index (χ4n) is 4.39. The Morgan fingerprint density at radius 3 is 2.52 bits per heavy atom. The topological polar surface area (TPSA) is 90.0 Å². The molecule has 8 nitrogen and oxygen atoms in total. The van der Waals surface area contributed by atoms with E-state index in [4.69, 9.17) is 0 Å². The lowest BCUT2D eigenvalue weighted by molar-refractivity contribution is -0.125. The zero-order valence-corrected chi connectivity index (χ0v) is 18.2. The first-order valence-corrected chi connectivity index (χ1v) is 11.1. The summed E-state index contributed by atoms with van der Waals surface area (Å²) in [6.45, 7) is 5.21. The van der Waals surface area contributed by atoms with E-state index in [1.165, 1.54) is 0 Å². The lowest BCUT2D eigenvalue weighted by Gasteiger charge is -2.36. The van der Waals surface area contributed by atoms with Crippen molar-refractivity contribution in [1.82, 2.24) is 15.1 Å². The zero-order chi connectivity index (χ0) is 22.2. The summed E-state index contributed by atoms with van der Waals surface area (Å²) in [5.74, 6) is -0.395. The summed E-state index contributed by atoms with van der Waals surface area (Å²) in [4.78, 5) is 52.8. The molecular weight excluding hydrogens is 396 g/mol. The molecule has 31 heavy (non-hydrogen) atoms. The van der Waals surface area contributed by atoms with Crippen LogP contribution in [0.4, 0.5) is 5.69 Å². The number of rotatable bonds is 11. The van der Waals surface area contributed by atoms with Crippen LogP contribution in [0.1, 0.15) is 48.0 Å². The number of fused-ring (bicyclic) bond motifs is 1. The van der Waals surface area contributed by atoms with Crippen molar-refractivity contribution in [3.63, 3.8) is 0 Å². The molecule has 1 fully saturated rings. The molecule has 0 radical (unpaired) electrons. The van der Waals surface area contributed by atoms with Crippen LogP contribution < -0.4 is 10.2 Å². The summed E-state index contributed by atoms with van der Waals surface area (Å²) in [6.07, 6.45) is 4.96. The van der Waals surface area contributed by atoms with Crippen molar-refractivity contribution in [1.29, 1.82) is 0 Å². The van der Waals surface area contributed by atoms with Gasteiger partial charge in [-0.15, -0.1) is 0 Å². The van der Waals surface area contributed by atoms with Gasteiger partial charge in [-0.25, -0.2) is 0 Å². The second kappa shape index (κ2) is 11.0. The maximum absolute atomic E-state index is 12.9. The Bertz CT molecular complexity index is 805. The summed E-state index contributed by atoms with van der Waals surface area (Å²) < 4.78 is 0. The molecule has 2 aliphatic rings. The largest absolute Gasteiger partial charge is 0.369 e. The molecule has 3 rings (SSSR count). The van der Waals surface area contributed by atoms with E-state index < -0.39 is 6.04 Å². The molecule has 1 N–H and O–H groups in total. The standard InChI is InChI=1S/C23H32N4O4/c1-24-22(30)21(6-5-15-29)27-17-18-16-19(7-8-20(18)23(27)31)26-12-10-25(11-13-26)9-3-2-4-14-28/h7-8,14-16,21H,2-6,9-13,17H2,1H3,(H,24,30). The fourth-order valence-corrected chi connectivity index (χ4v) is 4.39. The van der Waals surface area contributed by atoms with Crippen molar-refractivity contribution >= 4 is 30.1 Å². The van der Waals surface area contributed by atoms with Gasteiger partial charge < -0.3 is 24.7 Å². The highest BCUT2D eigenvalue weighted by atomic mass is 16.2. The van der Waals surface area contributed by atoms with Crippen molar-refractivity contribution in [3.05, 3.63) is 29.3 Å². The van der Waals surface area contributed by atoms with E-state index in [0.717, 1.165) is 69.4 Å². The van der Waals surface area contributed by atoms with Crippen LogP contribution in [-0.4, -0.2) is 80.0 Å². The zero-order valence-electron chi connectivity index (χ0n) is 18.2. The van der Waals surface area contributed by atoms with Gasteiger partial charge in [-0.3, -0.25) is 14.5 Å². The molecule has 0 spiro atoms. The molecule has 0 aromatic heterocycles. The minimum atomic E-state index is -0.638. The number of nitrogens with zero attached hydrogens (tertiary/aromatic N) is 3. The minimum Gasteiger partial charge on any atom is -0.369 e. The molecule has 1 saturated heterocycles. The van der Waals surface area contributed by atoms with E-state index in [9.17, 15) is 19.2 Å². The molecule has 1 unspecified atom stereocenters. The van der Waals surface area contributed by atoms with Crippen LogP contribution in [-0.2, 0) is 20.9 Å². The number of anilines is 1. The van der Waals surface area contributed by atoms with Gasteiger partial charge in [0, 0.05) is 63.9 Å². The highest BCUT2D eigenvalue weighted by Crippen LogP contribution is 2.30.